The maximum absolute atomic E-state index is 14.9. The molecular formula is C82H145N13O36. The first kappa shape index (κ1) is 116. The number of nitrogens with zero attached hydrogens (tertiary/aromatic N) is 1. The van der Waals surface area contributed by atoms with Crippen LogP contribution >= 0.6 is 0 Å². The van der Waals surface area contributed by atoms with Crippen LogP contribution < -0.4 is 64.3 Å². The minimum atomic E-state index is -1.97. The second-order valence-corrected chi connectivity index (χ2v) is 32.7. The van der Waals surface area contributed by atoms with Crippen LogP contribution in [0.5, 0.6) is 0 Å². The van der Waals surface area contributed by atoms with Crippen molar-refractivity contribution in [3.8, 4) is 0 Å². The molecule has 4 aliphatic heterocycles. The number of ether oxygens (including phenoxy) is 8. The van der Waals surface area contributed by atoms with Gasteiger partial charge in [0.25, 0.3) is 0 Å². The van der Waals surface area contributed by atoms with Crippen molar-refractivity contribution in [3.63, 3.8) is 0 Å². The summed E-state index contributed by atoms with van der Waals surface area (Å²) in [7, 11) is 0. The summed E-state index contributed by atoms with van der Waals surface area (Å²) >= 11 is 0. The van der Waals surface area contributed by atoms with E-state index in [0.717, 1.165) is 31.9 Å². The van der Waals surface area contributed by atoms with Gasteiger partial charge in [-0.25, -0.2) is 0 Å². The molecule has 4 fully saturated rings. The fourth-order valence-corrected chi connectivity index (χ4v) is 14.2. The SMILES string of the molecule is CCCCCCCCCCCCCCCC(=O)NCCCC(=O)/C=N/NCC(=O)NCCCC[C@H](NC(=O)[C@H](CCCCNC(=O)[C@H](CCCCNC(=O)CO[C@H]1O[C@H](CO)[C@@H](O)[C@H](O)[C@@H]1O)NC(=O)CO[C@H]1O[C@H](CO)[C@@H](O)[C@H](O)[C@@H]1O)NC(=O)[C@H](CCCCNC(=O)CO[C@H]1O[C@H](CO)[C@@H](O)[C@H](O)[C@@H]1O)NC(=O)CO[C@H]1O[C@H](CO)[C@@H](O)[C@H](O)[C@@H]1O)C(=O)NCCC(N)=O. The van der Waals surface area contributed by atoms with E-state index in [4.69, 9.17) is 43.6 Å². The first-order valence-electron chi connectivity index (χ1n) is 45.3. The van der Waals surface area contributed by atoms with E-state index in [0.29, 0.717) is 19.4 Å². The summed E-state index contributed by atoms with van der Waals surface area (Å²) in [6.45, 7) is -5.23. The number of hydrogen-bond acceptors (Lipinski definition) is 38. The molecule has 754 valence electrons. The van der Waals surface area contributed by atoms with Crippen LogP contribution in [0.4, 0.5) is 0 Å². The first-order valence-corrected chi connectivity index (χ1v) is 45.3. The van der Waals surface area contributed by atoms with Gasteiger partial charge in [-0.05, 0) is 89.9 Å². The number of hydrazone groups is 1. The molecule has 4 saturated heterocycles. The molecule has 4 aliphatic rings. The fourth-order valence-electron chi connectivity index (χ4n) is 14.2. The van der Waals surface area contributed by atoms with Crippen LogP contribution in [-0.2, 0) is 95.4 Å². The lowest BCUT2D eigenvalue weighted by Gasteiger charge is -2.39. The number of carbonyl (C=O) groups is 12. The monoisotopic (exact) mass is 1890 g/mol. The average Bonchev–Trinajstić information content (AvgIpc) is 0.832. The van der Waals surface area contributed by atoms with Crippen LogP contribution in [0.1, 0.15) is 193 Å². The van der Waals surface area contributed by atoms with Gasteiger partial charge in [-0.2, -0.15) is 5.10 Å². The maximum atomic E-state index is 14.9. The molecule has 0 bridgehead atoms. The molecule has 0 aromatic carbocycles. The third-order valence-corrected chi connectivity index (χ3v) is 22.1. The highest BCUT2D eigenvalue weighted by atomic mass is 16.7. The Bertz CT molecular complexity index is 3380. The van der Waals surface area contributed by atoms with E-state index in [-0.39, 0.29) is 141 Å². The van der Waals surface area contributed by atoms with E-state index in [1.807, 2.05) is 0 Å². The lowest BCUT2D eigenvalue weighted by molar-refractivity contribution is -0.299. The van der Waals surface area contributed by atoms with E-state index in [2.05, 4.69) is 70.6 Å². The van der Waals surface area contributed by atoms with E-state index in [1.54, 1.807) is 0 Å². The number of unbranched alkanes of at least 4 members (excludes halogenated alkanes) is 16. The fraction of sp³-hybridized carbons (Fsp3) is 0.841. The Balaban J connectivity index is 1.50. The molecule has 0 radical (unpaired) electrons. The van der Waals surface area contributed by atoms with Crippen molar-refractivity contribution >= 4 is 77.0 Å². The number of nitrogens with one attached hydrogen (secondary N) is 11. The highest BCUT2D eigenvalue weighted by Gasteiger charge is 2.48. The van der Waals surface area contributed by atoms with Gasteiger partial charge in [-0.3, -0.25) is 57.5 Å². The summed E-state index contributed by atoms with van der Waals surface area (Å²) in [6.07, 6.45) is -17.8. The molecule has 24 atom stereocenters. The Hall–Kier alpha value is -7.65. The standard InChI is InChI=1S/C82H145N13O36/c1-2-3-4-5-6-7-8-9-10-11-12-13-14-29-57(102)84-35-23-24-47(100)37-90-91-38-58(103)85-31-19-16-26-49(76(121)89-36-30-56(83)101)94-78(123)51(95-77(122)50(93-62(107)46-127-82-74(119)70(115)66(111)55(42-99)131-82)27-17-21-33-87-60(105)44-125-80-72(117)68(113)64(109)53(40-97)129-80)28-18-22-34-88-75(120)48(92-61(106)45-126-81-73(118)69(114)65(110)54(41-98)130-81)25-15-20-32-86-59(104)43-124-79-71(116)67(112)63(108)52(39-96)128-79/h37,48-55,63-74,79-82,91,96-99,108-119H,2-36,38-46H2,1H3,(H2,83,101)(H,84,102)(H,85,103)(H,86,104)(H,87,105)(H,88,120)(H,89,121)(H,92,106)(H,93,107)(H,94,123)(H,95,122)/b90-37+/t48-,49-,50-,51-,52+,53+,54+,55+,63+,64+,65+,66+,67-,68-,69-,70-,71-,72-,73-,74-,79-,80-,81-,82-/m0/s1. The molecule has 29 N–H and O–H groups in total. The minimum Gasteiger partial charge on any atom is -0.394 e. The molecule has 0 aliphatic carbocycles. The van der Waals surface area contributed by atoms with Crippen LogP contribution in [-0.4, -0.2) is 404 Å². The highest BCUT2D eigenvalue weighted by molar-refractivity contribution is 6.27. The summed E-state index contributed by atoms with van der Waals surface area (Å²) in [4.78, 5) is 160. The first-order chi connectivity index (χ1) is 62.7. The third-order valence-electron chi connectivity index (χ3n) is 22.1. The van der Waals surface area contributed by atoms with Crippen molar-refractivity contribution in [1.82, 2.24) is 58.6 Å². The van der Waals surface area contributed by atoms with Gasteiger partial charge in [0.05, 0.1) is 32.6 Å². The lowest BCUT2D eigenvalue weighted by atomic mass is 9.99. The molecule has 0 aromatic heterocycles. The zero-order valence-electron chi connectivity index (χ0n) is 74.4. The van der Waals surface area contributed by atoms with Gasteiger partial charge in [0.2, 0.25) is 65.0 Å². The van der Waals surface area contributed by atoms with Crippen molar-refractivity contribution in [3.05, 3.63) is 0 Å². The minimum absolute atomic E-state index is 0.0187. The van der Waals surface area contributed by atoms with Crippen LogP contribution in [0.25, 0.3) is 0 Å². The van der Waals surface area contributed by atoms with Gasteiger partial charge in [0.15, 0.2) is 30.9 Å². The lowest BCUT2D eigenvalue weighted by Crippen LogP contribution is -2.59. The molecule has 0 aromatic rings. The second-order valence-electron chi connectivity index (χ2n) is 32.7. The number of aliphatic hydroxyl groups excluding tert-OH is 16. The second kappa shape index (κ2) is 65.9. The molecule has 0 saturated carbocycles. The maximum Gasteiger partial charge on any atom is 0.246 e. The Labute approximate surface area is 759 Å². The van der Waals surface area contributed by atoms with Gasteiger partial charge < -0.3 is 184 Å². The molecule has 0 spiro atoms. The molecule has 49 nitrogen and oxygen atoms in total. The van der Waals surface area contributed by atoms with Crippen LogP contribution in [0.3, 0.4) is 0 Å². The van der Waals surface area contributed by atoms with Gasteiger partial charge in [0.1, 0.15) is 155 Å². The summed E-state index contributed by atoms with van der Waals surface area (Å²) in [5.41, 5.74) is 7.85. The van der Waals surface area contributed by atoms with Crippen LogP contribution in [0, 0.1) is 0 Å². The number of aliphatic hydroxyl groups is 16. The average molecular weight is 1890 g/mol. The Morgan fingerprint density at radius 1 is 0.313 bits per heavy atom. The summed E-state index contributed by atoms with van der Waals surface area (Å²) in [5, 5.41) is 192. The Morgan fingerprint density at radius 3 is 0.969 bits per heavy atom. The smallest absolute Gasteiger partial charge is 0.246 e. The number of hydrogen-bond donors (Lipinski definition) is 28. The number of ketones is 1. The van der Waals surface area contributed by atoms with E-state index < -0.39 is 259 Å². The van der Waals surface area contributed by atoms with Gasteiger partial charge >= 0.3 is 0 Å². The highest BCUT2D eigenvalue weighted by Crippen LogP contribution is 2.27. The zero-order chi connectivity index (χ0) is 96.7. The predicted molar refractivity (Wildman–Crippen MR) is 455 cm³/mol. The summed E-state index contributed by atoms with van der Waals surface area (Å²) in [5.74, 6) is -9.12. The van der Waals surface area contributed by atoms with Crippen molar-refractivity contribution in [1.29, 1.82) is 0 Å². The number of amides is 11. The Morgan fingerprint density at radius 2 is 0.611 bits per heavy atom. The topological polar surface area (TPSA) is 773 Å². The molecular weight excluding hydrogens is 1740 g/mol. The largest absolute Gasteiger partial charge is 0.394 e. The quantitative estimate of drug-likeness (QED) is 0.0153. The van der Waals surface area contributed by atoms with Crippen molar-refractivity contribution in [2.45, 2.75) is 340 Å². The Kier molecular flexibility index (Phi) is 58.2. The van der Waals surface area contributed by atoms with E-state index >= 15 is 0 Å². The van der Waals surface area contributed by atoms with E-state index in [1.165, 1.54) is 57.8 Å². The van der Waals surface area contributed by atoms with Gasteiger partial charge in [-0.15, -0.1) is 0 Å². The summed E-state index contributed by atoms with van der Waals surface area (Å²) < 4.78 is 42.6. The van der Waals surface area contributed by atoms with Gasteiger partial charge in [-0.1, -0.05) is 84.0 Å². The van der Waals surface area contributed by atoms with Crippen LogP contribution in [0.2, 0.25) is 0 Å². The molecule has 11 amide bonds. The van der Waals surface area contributed by atoms with Crippen molar-refractivity contribution < 1.29 is 177 Å². The van der Waals surface area contributed by atoms with E-state index in [9.17, 15) is 139 Å². The summed E-state index contributed by atoms with van der Waals surface area (Å²) in [6, 6.07) is -6.12. The number of primary amides is 1. The molecule has 4 rings (SSSR count). The molecule has 0 unspecified atom stereocenters. The number of nitrogens with two attached hydrogens (primary N) is 1. The number of Topliss-reactive ketones (excluding diaryl/α,β-unsaturated/α-hetero) is 1. The number of rotatable bonds is 69. The van der Waals surface area contributed by atoms with Crippen molar-refractivity contribution in [2.75, 3.05) is 98.7 Å². The molecule has 131 heavy (non-hydrogen) atoms. The molecule has 49 heteroatoms. The zero-order valence-corrected chi connectivity index (χ0v) is 74.4. The molecule has 4 heterocycles. The third kappa shape index (κ3) is 44.6. The van der Waals surface area contributed by atoms with Crippen molar-refractivity contribution in [2.24, 2.45) is 10.8 Å². The predicted octanol–water partition coefficient (Wildman–Crippen LogP) is -10.1. The number of carbonyl (C=O) groups excluding carboxylic acids is 12. The van der Waals surface area contributed by atoms with Crippen LogP contribution in [0.15, 0.2) is 5.10 Å². The van der Waals surface area contributed by atoms with Gasteiger partial charge in [0, 0.05) is 58.5 Å². The normalized spacial score (nSPS) is 26.4.